The van der Waals surface area contributed by atoms with Crippen molar-refractivity contribution in [2.75, 3.05) is 29.5 Å². The maximum atomic E-state index is 12.0. The van der Waals surface area contributed by atoms with Crippen molar-refractivity contribution in [2.24, 2.45) is 0 Å². The molecule has 1 aromatic rings. The number of sulfone groups is 1. The summed E-state index contributed by atoms with van der Waals surface area (Å²) in [5, 5.41) is 3.66. The van der Waals surface area contributed by atoms with Crippen LogP contribution in [-0.4, -0.2) is 45.0 Å². The average Bonchev–Trinajstić information content (AvgIpc) is 2.46. The lowest BCUT2D eigenvalue weighted by molar-refractivity contribution is -0.119. The first-order chi connectivity index (χ1) is 9.91. The molecule has 1 atom stereocenters. The highest BCUT2D eigenvalue weighted by Crippen LogP contribution is 2.21. The van der Waals surface area contributed by atoms with Crippen molar-refractivity contribution in [3.05, 3.63) is 29.3 Å². The molecule has 7 heteroatoms. The standard InChI is InChI=1S/C14H19ClN2O3S/c1-2-21(19,20)7-6-12-10-17(14(18)9-16-12)13-5-3-4-11(15)8-13/h3-5,8,12,16H,2,6-7,9-10H2,1H3. The van der Waals surface area contributed by atoms with Crippen LogP contribution in [0.15, 0.2) is 24.3 Å². The number of anilines is 1. The quantitative estimate of drug-likeness (QED) is 0.888. The summed E-state index contributed by atoms with van der Waals surface area (Å²) in [7, 11) is -2.99. The molecule has 21 heavy (non-hydrogen) atoms. The van der Waals surface area contributed by atoms with Crippen LogP contribution in [-0.2, 0) is 14.6 Å². The summed E-state index contributed by atoms with van der Waals surface area (Å²) in [6.45, 7) is 2.31. The van der Waals surface area contributed by atoms with E-state index in [0.29, 0.717) is 18.0 Å². The lowest BCUT2D eigenvalue weighted by atomic mass is 10.1. The molecule has 1 aromatic carbocycles. The zero-order valence-electron chi connectivity index (χ0n) is 11.9. The number of hydrogen-bond donors (Lipinski definition) is 1. The Morgan fingerprint density at radius 2 is 2.19 bits per heavy atom. The maximum absolute atomic E-state index is 12.0. The Kier molecular flexibility index (Phi) is 5.24. The van der Waals surface area contributed by atoms with Crippen molar-refractivity contribution in [1.29, 1.82) is 0 Å². The van der Waals surface area contributed by atoms with Gasteiger partial charge in [-0.2, -0.15) is 0 Å². The van der Waals surface area contributed by atoms with Gasteiger partial charge in [0.05, 0.1) is 12.3 Å². The van der Waals surface area contributed by atoms with E-state index in [1.807, 2.05) is 6.07 Å². The molecular weight excluding hydrogens is 312 g/mol. The van der Waals surface area contributed by atoms with Crippen LogP contribution < -0.4 is 10.2 Å². The highest BCUT2D eigenvalue weighted by atomic mass is 35.5. The number of nitrogens with one attached hydrogen (secondary N) is 1. The van der Waals surface area contributed by atoms with E-state index in [0.717, 1.165) is 5.69 Å². The summed E-state index contributed by atoms with van der Waals surface area (Å²) < 4.78 is 23.2. The molecule has 1 aliphatic heterocycles. The molecule has 1 N–H and O–H groups in total. The molecule has 1 amide bonds. The van der Waals surface area contributed by atoms with Crippen LogP contribution in [0.4, 0.5) is 5.69 Å². The second kappa shape index (κ2) is 6.77. The monoisotopic (exact) mass is 330 g/mol. The van der Waals surface area contributed by atoms with Gasteiger partial charge >= 0.3 is 0 Å². The number of halogens is 1. The Morgan fingerprint density at radius 1 is 1.43 bits per heavy atom. The van der Waals surface area contributed by atoms with Gasteiger partial charge in [0.15, 0.2) is 0 Å². The van der Waals surface area contributed by atoms with Gasteiger partial charge in [0.2, 0.25) is 5.91 Å². The van der Waals surface area contributed by atoms with E-state index in [9.17, 15) is 13.2 Å². The summed E-state index contributed by atoms with van der Waals surface area (Å²) in [5.41, 5.74) is 0.748. The van der Waals surface area contributed by atoms with E-state index in [1.54, 1.807) is 30.0 Å². The SMILES string of the molecule is CCS(=O)(=O)CCC1CN(c2cccc(Cl)c2)C(=O)CN1. The van der Waals surface area contributed by atoms with Crippen LogP contribution in [0.25, 0.3) is 0 Å². The molecule has 0 radical (unpaired) electrons. The molecule has 0 aromatic heterocycles. The lowest BCUT2D eigenvalue weighted by Gasteiger charge is -2.33. The number of rotatable bonds is 5. The Balaban J connectivity index is 2.04. The topological polar surface area (TPSA) is 66.5 Å². The van der Waals surface area contributed by atoms with Crippen LogP contribution in [0.2, 0.25) is 5.02 Å². The van der Waals surface area contributed by atoms with Gasteiger partial charge in [0.1, 0.15) is 9.84 Å². The molecule has 116 valence electrons. The fourth-order valence-electron chi connectivity index (χ4n) is 2.27. The predicted molar refractivity (Wildman–Crippen MR) is 84.5 cm³/mol. The van der Waals surface area contributed by atoms with Crippen LogP contribution in [0.5, 0.6) is 0 Å². The lowest BCUT2D eigenvalue weighted by Crippen LogP contribution is -2.54. The minimum atomic E-state index is -2.99. The Hall–Kier alpha value is -1.11. The summed E-state index contributed by atoms with van der Waals surface area (Å²) in [6.07, 6.45) is 0.501. The van der Waals surface area contributed by atoms with Crippen molar-refractivity contribution in [3.63, 3.8) is 0 Å². The van der Waals surface area contributed by atoms with Crippen LogP contribution in [0.1, 0.15) is 13.3 Å². The van der Waals surface area contributed by atoms with Crippen LogP contribution in [0.3, 0.4) is 0 Å². The normalized spacial score (nSPS) is 19.8. The smallest absolute Gasteiger partial charge is 0.240 e. The third-order valence-electron chi connectivity index (χ3n) is 3.58. The molecule has 5 nitrogen and oxygen atoms in total. The molecular formula is C14H19ClN2O3S. The first kappa shape index (κ1) is 16.3. The minimum Gasteiger partial charge on any atom is -0.310 e. The van der Waals surface area contributed by atoms with Crippen LogP contribution >= 0.6 is 11.6 Å². The van der Waals surface area contributed by atoms with E-state index in [2.05, 4.69) is 5.32 Å². The Morgan fingerprint density at radius 3 is 2.86 bits per heavy atom. The number of piperazine rings is 1. The van der Waals surface area contributed by atoms with Crippen molar-refractivity contribution in [2.45, 2.75) is 19.4 Å². The number of nitrogens with zero attached hydrogens (tertiary/aromatic N) is 1. The van der Waals surface area contributed by atoms with Gasteiger partial charge in [0.25, 0.3) is 0 Å². The zero-order chi connectivity index (χ0) is 15.5. The number of carbonyl (C=O) groups excluding carboxylic acids is 1. The summed E-state index contributed by atoms with van der Waals surface area (Å²) in [5.74, 6) is 0.252. The summed E-state index contributed by atoms with van der Waals surface area (Å²) in [6, 6.07) is 7.09. The second-order valence-electron chi connectivity index (χ2n) is 5.09. The van der Waals surface area contributed by atoms with E-state index in [4.69, 9.17) is 11.6 Å². The molecule has 0 aliphatic carbocycles. The average molecular weight is 331 g/mol. The molecule has 2 rings (SSSR count). The van der Waals surface area contributed by atoms with Gasteiger partial charge in [-0.25, -0.2) is 8.42 Å². The van der Waals surface area contributed by atoms with Gasteiger partial charge in [0, 0.05) is 29.0 Å². The van der Waals surface area contributed by atoms with Gasteiger partial charge in [-0.15, -0.1) is 0 Å². The number of carbonyl (C=O) groups is 1. The Bertz CT molecular complexity index is 618. The van der Waals surface area contributed by atoms with Crippen molar-refractivity contribution < 1.29 is 13.2 Å². The molecule has 1 unspecified atom stereocenters. The highest BCUT2D eigenvalue weighted by Gasteiger charge is 2.27. The third kappa shape index (κ3) is 4.43. The fourth-order valence-corrected chi connectivity index (χ4v) is 3.38. The maximum Gasteiger partial charge on any atom is 0.240 e. The van der Waals surface area contributed by atoms with Gasteiger partial charge in [-0.3, -0.25) is 4.79 Å². The number of amides is 1. The minimum absolute atomic E-state index is 0.0250. The van der Waals surface area contributed by atoms with E-state index < -0.39 is 9.84 Å². The fraction of sp³-hybridized carbons (Fsp3) is 0.500. The molecule has 0 saturated carbocycles. The predicted octanol–water partition coefficient (Wildman–Crippen LogP) is 1.47. The molecule has 1 aliphatic rings. The highest BCUT2D eigenvalue weighted by molar-refractivity contribution is 7.91. The third-order valence-corrected chi connectivity index (χ3v) is 5.56. The summed E-state index contributed by atoms with van der Waals surface area (Å²) >= 11 is 5.96. The van der Waals surface area contributed by atoms with Gasteiger partial charge in [-0.05, 0) is 24.6 Å². The summed E-state index contributed by atoms with van der Waals surface area (Å²) in [4.78, 5) is 13.7. The first-order valence-corrected chi connectivity index (χ1v) is 9.11. The van der Waals surface area contributed by atoms with Crippen LogP contribution in [0, 0.1) is 0 Å². The second-order valence-corrected chi connectivity index (χ2v) is 8.00. The van der Waals surface area contributed by atoms with Crippen molar-refractivity contribution >= 4 is 33.0 Å². The largest absolute Gasteiger partial charge is 0.310 e. The van der Waals surface area contributed by atoms with E-state index in [-0.39, 0.29) is 30.0 Å². The van der Waals surface area contributed by atoms with Crippen molar-refractivity contribution in [1.82, 2.24) is 5.32 Å². The Labute approximate surface area is 130 Å². The number of benzene rings is 1. The van der Waals surface area contributed by atoms with Crippen molar-refractivity contribution in [3.8, 4) is 0 Å². The zero-order valence-corrected chi connectivity index (χ0v) is 13.5. The molecule has 1 saturated heterocycles. The first-order valence-electron chi connectivity index (χ1n) is 6.91. The van der Waals surface area contributed by atoms with Gasteiger partial charge < -0.3 is 10.2 Å². The van der Waals surface area contributed by atoms with Gasteiger partial charge in [-0.1, -0.05) is 24.6 Å². The molecule has 0 spiro atoms. The molecule has 1 heterocycles. The van der Waals surface area contributed by atoms with E-state index >= 15 is 0 Å². The molecule has 0 bridgehead atoms. The molecule has 1 fully saturated rings. The number of hydrogen-bond acceptors (Lipinski definition) is 4. The van der Waals surface area contributed by atoms with E-state index in [1.165, 1.54) is 0 Å².